The molecular formula is C14H13BrClNS. The predicted molar refractivity (Wildman–Crippen MR) is 83.2 cm³/mol. The number of halogens is 2. The van der Waals surface area contributed by atoms with Gasteiger partial charge in [-0.2, -0.15) is 0 Å². The van der Waals surface area contributed by atoms with Crippen molar-refractivity contribution in [2.75, 3.05) is 5.75 Å². The van der Waals surface area contributed by atoms with Crippen LogP contribution in [0.2, 0.25) is 5.02 Å². The van der Waals surface area contributed by atoms with E-state index in [4.69, 9.17) is 17.3 Å². The van der Waals surface area contributed by atoms with Crippen LogP contribution in [0.5, 0.6) is 0 Å². The Kier molecular flexibility index (Phi) is 5.13. The van der Waals surface area contributed by atoms with E-state index in [1.807, 2.05) is 36.4 Å². The lowest BCUT2D eigenvalue weighted by Crippen LogP contribution is -2.13. The lowest BCUT2D eigenvalue weighted by molar-refractivity contribution is 0.831. The first-order valence-corrected chi connectivity index (χ1v) is 7.71. The Hall–Kier alpha value is -0.480. The first-order valence-electron chi connectivity index (χ1n) is 5.55. The Labute approximate surface area is 125 Å². The maximum Gasteiger partial charge on any atom is 0.0454 e. The van der Waals surface area contributed by atoms with Crippen LogP contribution in [0.1, 0.15) is 11.6 Å². The van der Waals surface area contributed by atoms with Crippen molar-refractivity contribution in [3.05, 3.63) is 63.6 Å². The zero-order valence-corrected chi connectivity index (χ0v) is 12.8. The summed E-state index contributed by atoms with van der Waals surface area (Å²) in [6, 6.07) is 15.9. The summed E-state index contributed by atoms with van der Waals surface area (Å²) in [6.07, 6.45) is 0. The van der Waals surface area contributed by atoms with Gasteiger partial charge in [0.05, 0.1) is 0 Å². The molecule has 2 rings (SSSR count). The summed E-state index contributed by atoms with van der Waals surface area (Å²) < 4.78 is 1.09. The zero-order valence-electron chi connectivity index (χ0n) is 9.64. The summed E-state index contributed by atoms with van der Waals surface area (Å²) in [4.78, 5) is 1.21. The Morgan fingerprint density at radius 2 is 1.78 bits per heavy atom. The summed E-state index contributed by atoms with van der Waals surface area (Å²) in [5.41, 5.74) is 7.16. The second-order valence-corrected chi connectivity index (χ2v) is 6.31. The summed E-state index contributed by atoms with van der Waals surface area (Å²) in [7, 11) is 0. The summed E-state index contributed by atoms with van der Waals surface area (Å²) in [5, 5.41) is 0.737. The molecule has 0 aliphatic heterocycles. The molecule has 0 fully saturated rings. The SMILES string of the molecule is NC(CSc1ccc(Br)cc1)c1ccccc1Cl. The quantitative estimate of drug-likeness (QED) is 0.800. The zero-order chi connectivity index (χ0) is 13.0. The van der Waals surface area contributed by atoms with Gasteiger partial charge in [0.2, 0.25) is 0 Å². The highest BCUT2D eigenvalue weighted by molar-refractivity contribution is 9.10. The van der Waals surface area contributed by atoms with E-state index in [-0.39, 0.29) is 6.04 Å². The molecule has 0 aliphatic carbocycles. The van der Waals surface area contributed by atoms with Crippen molar-refractivity contribution in [1.82, 2.24) is 0 Å². The molecule has 0 aliphatic rings. The van der Waals surface area contributed by atoms with E-state index < -0.39 is 0 Å². The van der Waals surface area contributed by atoms with Gasteiger partial charge >= 0.3 is 0 Å². The van der Waals surface area contributed by atoms with Gasteiger partial charge in [-0.15, -0.1) is 11.8 Å². The lowest BCUT2D eigenvalue weighted by Gasteiger charge is -2.13. The molecule has 4 heteroatoms. The van der Waals surface area contributed by atoms with Crippen molar-refractivity contribution in [3.63, 3.8) is 0 Å². The fraction of sp³-hybridized carbons (Fsp3) is 0.143. The second-order valence-electron chi connectivity index (χ2n) is 3.89. The molecule has 18 heavy (non-hydrogen) atoms. The predicted octanol–water partition coefficient (Wildman–Crippen LogP) is 4.89. The average Bonchev–Trinajstić information content (AvgIpc) is 2.38. The smallest absolute Gasteiger partial charge is 0.0454 e. The summed E-state index contributed by atoms with van der Waals surface area (Å²) >= 11 is 11.3. The molecule has 94 valence electrons. The molecule has 2 aromatic rings. The molecule has 0 bridgehead atoms. The van der Waals surface area contributed by atoms with Crippen molar-refractivity contribution in [1.29, 1.82) is 0 Å². The fourth-order valence-corrected chi connectivity index (χ4v) is 3.00. The van der Waals surface area contributed by atoms with Gasteiger partial charge in [-0.05, 0) is 35.9 Å². The minimum absolute atomic E-state index is 0.0488. The average molecular weight is 343 g/mol. The maximum absolute atomic E-state index is 6.16. The van der Waals surface area contributed by atoms with E-state index in [0.29, 0.717) is 0 Å². The van der Waals surface area contributed by atoms with Gasteiger partial charge in [-0.1, -0.05) is 45.7 Å². The van der Waals surface area contributed by atoms with E-state index in [0.717, 1.165) is 20.8 Å². The molecule has 2 aromatic carbocycles. The minimum Gasteiger partial charge on any atom is -0.323 e. The van der Waals surface area contributed by atoms with Crippen LogP contribution in [0.15, 0.2) is 57.9 Å². The lowest BCUT2D eigenvalue weighted by atomic mass is 10.1. The third-order valence-corrected chi connectivity index (χ3v) is 4.55. The van der Waals surface area contributed by atoms with Gasteiger partial charge in [-0.3, -0.25) is 0 Å². The molecule has 0 heterocycles. The number of thioether (sulfide) groups is 1. The Bertz CT molecular complexity index is 515. The van der Waals surface area contributed by atoms with Crippen LogP contribution < -0.4 is 5.73 Å². The molecule has 1 nitrogen and oxygen atoms in total. The first-order chi connectivity index (χ1) is 8.66. The van der Waals surface area contributed by atoms with Crippen LogP contribution >= 0.6 is 39.3 Å². The normalized spacial score (nSPS) is 12.4. The Balaban J connectivity index is 1.98. The molecule has 0 saturated heterocycles. The highest BCUT2D eigenvalue weighted by Crippen LogP contribution is 2.27. The number of rotatable bonds is 4. The van der Waals surface area contributed by atoms with Crippen LogP contribution in [-0.4, -0.2) is 5.75 Å². The van der Waals surface area contributed by atoms with Crippen LogP contribution in [0.3, 0.4) is 0 Å². The highest BCUT2D eigenvalue weighted by atomic mass is 79.9. The summed E-state index contributed by atoms with van der Waals surface area (Å²) in [5.74, 6) is 0.811. The van der Waals surface area contributed by atoms with Gasteiger partial charge in [0.15, 0.2) is 0 Å². The van der Waals surface area contributed by atoms with Crippen LogP contribution in [0, 0.1) is 0 Å². The molecule has 0 radical (unpaired) electrons. The van der Waals surface area contributed by atoms with Crippen molar-refractivity contribution in [2.45, 2.75) is 10.9 Å². The number of hydrogen-bond acceptors (Lipinski definition) is 2. The molecule has 0 spiro atoms. The maximum atomic E-state index is 6.16. The van der Waals surface area contributed by atoms with Crippen LogP contribution in [0.25, 0.3) is 0 Å². The van der Waals surface area contributed by atoms with E-state index >= 15 is 0 Å². The Morgan fingerprint density at radius 1 is 1.11 bits per heavy atom. The number of nitrogens with two attached hydrogens (primary N) is 1. The third kappa shape index (κ3) is 3.75. The molecular weight excluding hydrogens is 330 g/mol. The second kappa shape index (κ2) is 6.62. The fourth-order valence-electron chi connectivity index (χ4n) is 1.58. The largest absolute Gasteiger partial charge is 0.323 e. The van der Waals surface area contributed by atoms with Gasteiger partial charge in [0.1, 0.15) is 0 Å². The van der Waals surface area contributed by atoms with Gasteiger partial charge in [-0.25, -0.2) is 0 Å². The van der Waals surface area contributed by atoms with Crippen molar-refractivity contribution >= 4 is 39.3 Å². The molecule has 2 N–H and O–H groups in total. The number of hydrogen-bond donors (Lipinski definition) is 1. The summed E-state index contributed by atoms with van der Waals surface area (Å²) in [6.45, 7) is 0. The molecule has 1 unspecified atom stereocenters. The van der Waals surface area contributed by atoms with Gasteiger partial charge in [0, 0.05) is 26.2 Å². The Morgan fingerprint density at radius 3 is 2.44 bits per heavy atom. The van der Waals surface area contributed by atoms with Crippen molar-refractivity contribution in [2.24, 2.45) is 5.73 Å². The van der Waals surface area contributed by atoms with E-state index in [9.17, 15) is 0 Å². The van der Waals surface area contributed by atoms with Gasteiger partial charge in [0.25, 0.3) is 0 Å². The van der Waals surface area contributed by atoms with E-state index in [1.165, 1.54) is 4.90 Å². The topological polar surface area (TPSA) is 26.0 Å². The van der Waals surface area contributed by atoms with Crippen LogP contribution in [-0.2, 0) is 0 Å². The molecule has 1 atom stereocenters. The molecule has 0 saturated carbocycles. The van der Waals surface area contributed by atoms with Gasteiger partial charge < -0.3 is 5.73 Å². The van der Waals surface area contributed by atoms with Crippen LogP contribution in [0.4, 0.5) is 0 Å². The van der Waals surface area contributed by atoms with E-state index in [2.05, 4.69) is 28.1 Å². The standard InChI is InChI=1S/C14H13BrClNS/c15-10-5-7-11(8-6-10)18-9-14(17)12-3-1-2-4-13(12)16/h1-8,14H,9,17H2. The highest BCUT2D eigenvalue weighted by Gasteiger charge is 2.09. The monoisotopic (exact) mass is 341 g/mol. The first kappa shape index (κ1) is 13.9. The van der Waals surface area contributed by atoms with E-state index in [1.54, 1.807) is 11.8 Å². The number of benzene rings is 2. The van der Waals surface area contributed by atoms with Crippen molar-refractivity contribution < 1.29 is 0 Å². The van der Waals surface area contributed by atoms with Crippen molar-refractivity contribution in [3.8, 4) is 0 Å². The molecule has 0 amide bonds. The molecule has 0 aromatic heterocycles. The third-order valence-electron chi connectivity index (χ3n) is 2.55. The minimum atomic E-state index is -0.0488.